The van der Waals surface area contributed by atoms with Crippen molar-refractivity contribution in [1.29, 1.82) is 0 Å². The van der Waals surface area contributed by atoms with Crippen molar-refractivity contribution in [2.75, 3.05) is 27.2 Å². The highest BCUT2D eigenvalue weighted by atomic mass is 32.2. The fourth-order valence-electron chi connectivity index (χ4n) is 2.84. The second-order valence-electron chi connectivity index (χ2n) is 6.27. The van der Waals surface area contributed by atoms with Gasteiger partial charge in [0.05, 0.1) is 4.90 Å². The lowest BCUT2D eigenvalue weighted by molar-refractivity contribution is 0.0997. The summed E-state index contributed by atoms with van der Waals surface area (Å²) >= 11 is 0. The Bertz CT molecular complexity index is 966. The molecular formula is C19H20N2O4S. The summed E-state index contributed by atoms with van der Waals surface area (Å²) in [6.45, 7) is 0.460. The van der Waals surface area contributed by atoms with Crippen LogP contribution in [-0.2, 0) is 10.0 Å². The van der Waals surface area contributed by atoms with Crippen LogP contribution in [0.15, 0.2) is 65.2 Å². The molecule has 0 atom stereocenters. The van der Waals surface area contributed by atoms with Crippen LogP contribution in [0.4, 0.5) is 0 Å². The number of ketones is 1. The van der Waals surface area contributed by atoms with Gasteiger partial charge in [0.1, 0.15) is 5.70 Å². The predicted molar refractivity (Wildman–Crippen MR) is 99.2 cm³/mol. The van der Waals surface area contributed by atoms with E-state index >= 15 is 0 Å². The number of benzene rings is 2. The Morgan fingerprint density at radius 1 is 1.04 bits per heavy atom. The molecule has 0 amide bonds. The molecule has 1 aliphatic rings. The minimum absolute atomic E-state index is 0.0339. The summed E-state index contributed by atoms with van der Waals surface area (Å²) in [5, 5.41) is 10.7. The first-order valence-corrected chi connectivity index (χ1v) is 9.58. The van der Waals surface area contributed by atoms with E-state index in [2.05, 4.69) is 0 Å². The zero-order valence-electron chi connectivity index (χ0n) is 14.6. The van der Waals surface area contributed by atoms with Gasteiger partial charge in [0.2, 0.25) is 5.78 Å². The fourth-order valence-corrected chi connectivity index (χ4v) is 4.50. The van der Waals surface area contributed by atoms with Gasteiger partial charge in [-0.1, -0.05) is 42.5 Å². The van der Waals surface area contributed by atoms with Crippen LogP contribution in [0.25, 0.3) is 5.76 Å². The zero-order chi connectivity index (χ0) is 18.9. The van der Waals surface area contributed by atoms with E-state index in [9.17, 15) is 18.3 Å². The minimum atomic E-state index is -3.95. The number of likely N-dealkylation sites (N-methyl/N-ethyl adjacent to an activating group) is 1. The maximum Gasteiger partial charge on any atom is 0.265 e. The number of allylic oxidation sites excluding steroid dienone is 1. The molecule has 2 aromatic carbocycles. The Morgan fingerprint density at radius 2 is 1.65 bits per heavy atom. The van der Waals surface area contributed by atoms with E-state index in [-0.39, 0.29) is 28.5 Å². The average Bonchev–Trinajstić information content (AvgIpc) is 2.63. The second kappa shape index (κ2) is 6.93. The molecule has 1 heterocycles. The Kier molecular flexibility index (Phi) is 4.84. The van der Waals surface area contributed by atoms with Gasteiger partial charge in [0.25, 0.3) is 10.0 Å². The number of aliphatic hydroxyl groups excluding tert-OH is 1. The summed E-state index contributed by atoms with van der Waals surface area (Å²) in [6.07, 6.45) is 0. The van der Waals surface area contributed by atoms with Gasteiger partial charge in [-0.05, 0) is 26.2 Å². The molecule has 0 saturated carbocycles. The molecule has 7 heteroatoms. The Balaban J connectivity index is 2.25. The molecular weight excluding hydrogens is 352 g/mol. The summed E-state index contributed by atoms with van der Waals surface area (Å²) in [7, 11) is -0.321. The second-order valence-corrected chi connectivity index (χ2v) is 8.10. The molecule has 0 saturated heterocycles. The predicted octanol–water partition coefficient (Wildman–Crippen LogP) is 2.36. The molecule has 26 heavy (non-hydrogen) atoms. The molecule has 136 valence electrons. The van der Waals surface area contributed by atoms with Gasteiger partial charge in [-0.2, -0.15) is 0 Å². The zero-order valence-corrected chi connectivity index (χ0v) is 15.4. The number of sulfonamides is 1. The third-order valence-electron chi connectivity index (χ3n) is 4.19. The topological polar surface area (TPSA) is 77.9 Å². The van der Waals surface area contributed by atoms with Gasteiger partial charge in [-0.25, -0.2) is 8.42 Å². The van der Waals surface area contributed by atoms with Crippen LogP contribution < -0.4 is 0 Å². The monoisotopic (exact) mass is 372 g/mol. The van der Waals surface area contributed by atoms with Crippen molar-refractivity contribution in [2.45, 2.75) is 4.90 Å². The molecule has 0 aliphatic carbocycles. The highest BCUT2D eigenvalue weighted by Crippen LogP contribution is 2.35. The molecule has 1 aliphatic heterocycles. The van der Waals surface area contributed by atoms with Gasteiger partial charge in [-0.15, -0.1) is 0 Å². The molecule has 0 spiro atoms. The van der Waals surface area contributed by atoms with Crippen LogP contribution in [0.3, 0.4) is 0 Å². The SMILES string of the molecule is CN(C)CCN1/C(=C(\O)c2ccccc2)C(=O)c2ccccc2S1(=O)=O. The van der Waals surface area contributed by atoms with E-state index in [1.807, 2.05) is 19.0 Å². The number of carbonyl (C=O) groups excluding carboxylic acids is 1. The van der Waals surface area contributed by atoms with Crippen molar-refractivity contribution in [3.63, 3.8) is 0 Å². The van der Waals surface area contributed by atoms with Crippen molar-refractivity contribution in [3.05, 3.63) is 71.4 Å². The summed E-state index contributed by atoms with van der Waals surface area (Å²) in [5.41, 5.74) is 0.253. The molecule has 0 fully saturated rings. The number of carbonyl (C=O) groups is 1. The third-order valence-corrected chi connectivity index (χ3v) is 6.04. The maximum atomic E-state index is 13.1. The molecule has 6 nitrogen and oxygen atoms in total. The van der Waals surface area contributed by atoms with E-state index < -0.39 is 15.8 Å². The van der Waals surface area contributed by atoms with Crippen LogP contribution in [0.2, 0.25) is 0 Å². The smallest absolute Gasteiger partial charge is 0.265 e. The first-order valence-electron chi connectivity index (χ1n) is 8.14. The molecule has 1 N–H and O–H groups in total. The van der Waals surface area contributed by atoms with Crippen LogP contribution in [0, 0.1) is 0 Å². The molecule has 2 aromatic rings. The maximum absolute atomic E-state index is 13.1. The Labute approximate surface area is 153 Å². The quantitative estimate of drug-likeness (QED) is 0.658. The number of nitrogens with zero attached hydrogens (tertiary/aromatic N) is 2. The van der Waals surface area contributed by atoms with Gasteiger partial charge in [0, 0.05) is 24.2 Å². The van der Waals surface area contributed by atoms with Gasteiger partial charge < -0.3 is 10.0 Å². The first kappa shape index (κ1) is 18.2. The number of hydrogen-bond donors (Lipinski definition) is 1. The van der Waals surface area contributed by atoms with Crippen molar-refractivity contribution < 1.29 is 18.3 Å². The van der Waals surface area contributed by atoms with Crippen LogP contribution in [-0.4, -0.2) is 55.7 Å². The van der Waals surface area contributed by atoms with E-state index in [0.29, 0.717) is 12.1 Å². The van der Waals surface area contributed by atoms with Crippen LogP contribution >= 0.6 is 0 Å². The summed E-state index contributed by atoms with van der Waals surface area (Å²) in [4.78, 5) is 14.8. The van der Waals surface area contributed by atoms with Crippen molar-refractivity contribution in [2.24, 2.45) is 0 Å². The first-order chi connectivity index (χ1) is 12.3. The van der Waals surface area contributed by atoms with Gasteiger partial charge in [0.15, 0.2) is 5.76 Å². The van der Waals surface area contributed by atoms with Crippen molar-refractivity contribution in [1.82, 2.24) is 9.21 Å². The largest absolute Gasteiger partial charge is 0.505 e. The summed E-state index contributed by atoms with van der Waals surface area (Å²) in [5.74, 6) is -0.844. The number of aliphatic hydroxyl groups is 1. The van der Waals surface area contributed by atoms with Gasteiger partial charge in [-0.3, -0.25) is 9.10 Å². The standard InChI is InChI=1S/C19H20N2O4S/c1-20(2)12-13-21-17(18(22)14-8-4-3-5-9-14)19(23)15-10-6-7-11-16(15)26(21,24)25/h3-11,22H,12-13H2,1-2H3/b18-17-. The normalized spacial score (nSPS) is 18.0. The fraction of sp³-hybridized carbons (Fsp3) is 0.211. The van der Waals surface area contributed by atoms with Crippen molar-refractivity contribution >= 4 is 21.6 Å². The van der Waals surface area contributed by atoms with E-state index in [0.717, 1.165) is 4.31 Å². The van der Waals surface area contributed by atoms with E-state index in [4.69, 9.17) is 0 Å². The van der Waals surface area contributed by atoms with E-state index in [1.54, 1.807) is 42.5 Å². The lowest BCUT2D eigenvalue weighted by atomic mass is 10.0. The lowest BCUT2D eigenvalue weighted by Gasteiger charge is -2.32. The number of Topliss-reactive ketones (excluding diaryl/α,β-unsaturated/α-hetero) is 1. The molecule has 0 aromatic heterocycles. The third kappa shape index (κ3) is 3.11. The number of fused-ring (bicyclic) bond motifs is 1. The lowest BCUT2D eigenvalue weighted by Crippen LogP contribution is -2.43. The van der Waals surface area contributed by atoms with Gasteiger partial charge >= 0.3 is 0 Å². The molecule has 0 radical (unpaired) electrons. The molecule has 3 rings (SSSR count). The molecule has 0 bridgehead atoms. The summed E-state index contributed by atoms with van der Waals surface area (Å²) < 4.78 is 27.3. The van der Waals surface area contributed by atoms with Crippen molar-refractivity contribution in [3.8, 4) is 0 Å². The van der Waals surface area contributed by atoms with Crippen LogP contribution in [0.1, 0.15) is 15.9 Å². The van der Waals surface area contributed by atoms with Crippen LogP contribution in [0.5, 0.6) is 0 Å². The summed E-state index contributed by atoms with van der Waals surface area (Å²) in [6, 6.07) is 14.6. The average molecular weight is 372 g/mol. The highest BCUT2D eigenvalue weighted by molar-refractivity contribution is 7.89. The minimum Gasteiger partial charge on any atom is -0.505 e. The Morgan fingerprint density at radius 3 is 2.31 bits per heavy atom. The number of rotatable bonds is 4. The molecule has 0 unspecified atom stereocenters. The Hall–Kier alpha value is -2.64. The highest BCUT2D eigenvalue weighted by Gasteiger charge is 2.41. The van der Waals surface area contributed by atoms with E-state index in [1.165, 1.54) is 12.1 Å². The number of hydrogen-bond acceptors (Lipinski definition) is 5.